The molecule has 0 atom stereocenters. The molecule has 1 aliphatic carbocycles. The number of nitrogens with zero attached hydrogens (tertiary/aromatic N) is 3. The molecule has 4 rings (SSSR count). The van der Waals surface area contributed by atoms with Crippen LogP contribution in [0.1, 0.15) is 36.8 Å². The van der Waals surface area contributed by atoms with Crippen molar-refractivity contribution in [2.45, 2.75) is 39.7 Å². The molecule has 7 nitrogen and oxygen atoms in total. The van der Waals surface area contributed by atoms with Gasteiger partial charge in [0.1, 0.15) is 18.2 Å². The summed E-state index contributed by atoms with van der Waals surface area (Å²) >= 11 is 0. The maximum atomic E-state index is 12.4. The van der Waals surface area contributed by atoms with E-state index < -0.39 is 0 Å². The third-order valence-corrected chi connectivity index (χ3v) is 5.26. The Bertz CT molecular complexity index is 1100. The molecule has 0 saturated heterocycles. The van der Waals surface area contributed by atoms with Crippen molar-refractivity contribution >= 4 is 11.6 Å². The molecule has 1 fully saturated rings. The van der Waals surface area contributed by atoms with Crippen LogP contribution < -0.4 is 14.8 Å². The summed E-state index contributed by atoms with van der Waals surface area (Å²) in [7, 11) is 1.62. The van der Waals surface area contributed by atoms with Gasteiger partial charge in [0.25, 0.3) is 0 Å². The van der Waals surface area contributed by atoms with E-state index in [1.807, 2.05) is 38.1 Å². The van der Waals surface area contributed by atoms with Crippen LogP contribution >= 0.6 is 0 Å². The highest BCUT2D eigenvalue weighted by atomic mass is 16.5. The van der Waals surface area contributed by atoms with Crippen LogP contribution in [0.15, 0.2) is 42.9 Å². The Morgan fingerprint density at radius 2 is 2.00 bits per heavy atom. The quantitative estimate of drug-likeness (QED) is 0.585. The van der Waals surface area contributed by atoms with Gasteiger partial charge < -0.3 is 14.8 Å². The van der Waals surface area contributed by atoms with Gasteiger partial charge in [-0.15, -0.1) is 0 Å². The normalized spacial score (nSPS) is 13.0. The van der Waals surface area contributed by atoms with Crippen LogP contribution in [-0.4, -0.2) is 28.0 Å². The first-order valence-electron chi connectivity index (χ1n) is 10.5. The van der Waals surface area contributed by atoms with Gasteiger partial charge in [0.15, 0.2) is 5.75 Å². The third kappa shape index (κ3) is 4.99. The monoisotopic (exact) mass is 418 g/mol. The molecule has 1 amide bonds. The fourth-order valence-corrected chi connectivity index (χ4v) is 3.32. The van der Waals surface area contributed by atoms with E-state index >= 15 is 0 Å². The lowest BCUT2D eigenvalue weighted by molar-refractivity contribution is -0.117. The van der Waals surface area contributed by atoms with Crippen molar-refractivity contribution in [2.24, 2.45) is 5.92 Å². The summed E-state index contributed by atoms with van der Waals surface area (Å²) in [6, 6.07) is 7.83. The van der Waals surface area contributed by atoms with Crippen molar-refractivity contribution in [1.29, 1.82) is 0 Å². The fraction of sp³-hybridized carbons (Fsp3) is 0.333. The summed E-state index contributed by atoms with van der Waals surface area (Å²) in [6.07, 6.45) is 7.81. The lowest BCUT2D eigenvalue weighted by Gasteiger charge is -2.15. The lowest BCUT2D eigenvalue weighted by Crippen LogP contribution is -2.15. The first-order chi connectivity index (χ1) is 15.1. The molecule has 0 unspecified atom stereocenters. The summed E-state index contributed by atoms with van der Waals surface area (Å²) in [5.41, 5.74) is 4.38. The number of hydrogen-bond acceptors (Lipinski definition) is 6. The Balaban J connectivity index is 1.64. The highest BCUT2D eigenvalue weighted by Crippen LogP contribution is 2.32. The van der Waals surface area contributed by atoms with Gasteiger partial charge in [-0.1, -0.05) is 13.0 Å². The Kier molecular flexibility index (Phi) is 6.11. The minimum Gasteiger partial charge on any atom is -0.495 e. The molecule has 1 saturated carbocycles. The van der Waals surface area contributed by atoms with E-state index in [0.717, 1.165) is 47.3 Å². The molecule has 0 spiro atoms. The van der Waals surface area contributed by atoms with E-state index in [1.54, 1.807) is 25.7 Å². The molecular formula is C24H26N4O3. The largest absolute Gasteiger partial charge is 0.495 e. The second-order valence-corrected chi connectivity index (χ2v) is 7.62. The molecule has 7 heteroatoms. The first kappa shape index (κ1) is 20.8. The minimum atomic E-state index is 0.0602. The number of carbonyl (C=O) groups is 1. The van der Waals surface area contributed by atoms with Crippen LogP contribution in [0, 0.1) is 12.8 Å². The smallest absolute Gasteiger partial charge is 0.227 e. The van der Waals surface area contributed by atoms with Crippen molar-refractivity contribution < 1.29 is 14.3 Å². The Hall–Kier alpha value is -3.48. The number of anilines is 1. The van der Waals surface area contributed by atoms with Crippen molar-refractivity contribution in [3.8, 4) is 22.6 Å². The number of aryl methyl sites for hydroxylation is 2. The second-order valence-electron chi connectivity index (χ2n) is 7.62. The number of rotatable bonds is 8. The maximum absolute atomic E-state index is 12.4. The van der Waals surface area contributed by atoms with Crippen LogP contribution in [0.5, 0.6) is 11.5 Å². The van der Waals surface area contributed by atoms with Gasteiger partial charge in [-0.05, 0) is 49.9 Å². The maximum Gasteiger partial charge on any atom is 0.227 e. The van der Waals surface area contributed by atoms with Gasteiger partial charge in [-0.2, -0.15) is 0 Å². The topological polar surface area (TPSA) is 86.2 Å². The first-order valence-corrected chi connectivity index (χ1v) is 10.5. The molecule has 0 aliphatic heterocycles. The molecule has 160 valence electrons. The summed E-state index contributed by atoms with van der Waals surface area (Å²) < 4.78 is 11.4. The molecule has 2 heterocycles. The number of ether oxygens (including phenoxy) is 2. The number of pyridine rings is 1. The number of aromatic nitrogens is 3. The van der Waals surface area contributed by atoms with Gasteiger partial charge in [0.05, 0.1) is 25.2 Å². The zero-order valence-electron chi connectivity index (χ0n) is 18.0. The number of amides is 1. The number of methoxy groups -OCH3 is 1. The zero-order valence-corrected chi connectivity index (χ0v) is 18.0. The zero-order chi connectivity index (χ0) is 21.8. The molecule has 2 aromatic heterocycles. The fourth-order valence-electron chi connectivity index (χ4n) is 3.32. The van der Waals surface area contributed by atoms with Crippen LogP contribution in [0.2, 0.25) is 0 Å². The van der Waals surface area contributed by atoms with E-state index in [-0.39, 0.29) is 18.4 Å². The van der Waals surface area contributed by atoms with Crippen molar-refractivity contribution in [1.82, 2.24) is 15.0 Å². The summed E-state index contributed by atoms with van der Waals surface area (Å²) in [5.74, 6) is 2.24. The van der Waals surface area contributed by atoms with Crippen LogP contribution in [0.25, 0.3) is 11.1 Å². The average Bonchev–Trinajstić information content (AvgIpc) is 3.64. The van der Waals surface area contributed by atoms with Crippen LogP contribution in [-0.2, 0) is 17.8 Å². The van der Waals surface area contributed by atoms with Crippen molar-refractivity contribution in [3.63, 3.8) is 0 Å². The van der Waals surface area contributed by atoms with E-state index in [2.05, 4.69) is 20.3 Å². The minimum absolute atomic E-state index is 0.0602. The summed E-state index contributed by atoms with van der Waals surface area (Å²) in [6.45, 7) is 4.18. The second kappa shape index (κ2) is 9.12. The van der Waals surface area contributed by atoms with E-state index in [0.29, 0.717) is 17.3 Å². The standard InChI is InChI=1S/C24H26N4O3/c1-4-21-23(13-26-15(2)27-21)31-14-19-9-17(18-10-20(30-3)12-25-11-18)7-8-22(19)28-24(29)16-5-6-16/h7-13,16H,4-6,14H2,1-3H3,(H,28,29). The van der Waals surface area contributed by atoms with Crippen LogP contribution in [0.4, 0.5) is 5.69 Å². The van der Waals surface area contributed by atoms with E-state index in [9.17, 15) is 4.79 Å². The van der Waals surface area contributed by atoms with Gasteiger partial charge >= 0.3 is 0 Å². The summed E-state index contributed by atoms with van der Waals surface area (Å²) in [5, 5.41) is 3.06. The molecular weight excluding hydrogens is 392 g/mol. The predicted octanol–water partition coefficient (Wildman–Crippen LogP) is 4.35. The molecule has 0 bridgehead atoms. The lowest BCUT2D eigenvalue weighted by atomic mass is 10.0. The molecule has 3 aromatic rings. The van der Waals surface area contributed by atoms with Gasteiger partial charge in [0, 0.05) is 28.9 Å². The predicted molar refractivity (Wildman–Crippen MR) is 118 cm³/mol. The van der Waals surface area contributed by atoms with Crippen LogP contribution in [0.3, 0.4) is 0 Å². The Labute approximate surface area is 181 Å². The Morgan fingerprint density at radius 1 is 1.16 bits per heavy atom. The highest BCUT2D eigenvalue weighted by Gasteiger charge is 2.30. The molecule has 31 heavy (non-hydrogen) atoms. The van der Waals surface area contributed by atoms with E-state index in [4.69, 9.17) is 9.47 Å². The number of nitrogens with one attached hydrogen (secondary N) is 1. The van der Waals surface area contributed by atoms with Gasteiger partial charge in [-0.25, -0.2) is 9.97 Å². The SMILES string of the molecule is CCc1nc(C)ncc1OCc1cc(-c2cncc(OC)c2)ccc1NC(=O)C1CC1. The average molecular weight is 418 g/mol. The number of hydrogen-bond donors (Lipinski definition) is 1. The molecule has 1 aliphatic rings. The number of carbonyl (C=O) groups excluding carboxylic acids is 1. The molecule has 0 radical (unpaired) electrons. The van der Waals surface area contributed by atoms with Gasteiger partial charge in [-0.3, -0.25) is 9.78 Å². The van der Waals surface area contributed by atoms with Gasteiger partial charge in [0.2, 0.25) is 5.91 Å². The number of benzene rings is 1. The summed E-state index contributed by atoms with van der Waals surface area (Å²) in [4.78, 5) is 25.3. The highest BCUT2D eigenvalue weighted by molar-refractivity contribution is 5.95. The van der Waals surface area contributed by atoms with E-state index in [1.165, 1.54) is 0 Å². The molecule has 1 aromatic carbocycles. The molecule has 1 N–H and O–H groups in total. The Morgan fingerprint density at radius 3 is 2.74 bits per heavy atom. The van der Waals surface area contributed by atoms with Crippen molar-refractivity contribution in [3.05, 3.63) is 59.9 Å². The van der Waals surface area contributed by atoms with Crippen molar-refractivity contribution in [2.75, 3.05) is 12.4 Å². The third-order valence-electron chi connectivity index (χ3n) is 5.26.